The number of furan rings is 1. The zero-order valence-electron chi connectivity index (χ0n) is 9.26. The lowest BCUT2D eigenvalue weighted by molar-refractivity contribution is -0.146. The molecule has 4 heteroatoms. The summed E-state index contributed by atoms with van der Waals surface area (Å²) in [6, 6.07) is 3.78. The Morgan fingerprint density at radius 3 is 3.12 bits per heavy atom. The van der Waals surface area contributed by atoms with Gasteiger partial charge in [0.2, 0.25) is 5.91 Å². The van der Waals surface area contributed by atoms with Crippen molar-refractivity contribution in [2.24, 2.45) is 0 Å². The van der Waals surface area contributed by atoms with Gasteiger partial charge in [0.25, 0.3) is 0 Å². The highest BCUT2D eigenvalue weighted by Gasteiger charge is 2.25. The van der Waals surface area contributed by atoms with Gasteiger partial charge < -0.3 is 14.4 Å². The van der Waals surface area contributed by atoms with E-state index in [-0.39, 0.29) is 5.91 Å². The number of hydrogen-bond acceptors (Lipinski definition) is 3. The lowest BCUT2D eigenvalue weighted by Crippen LogP contribution is -2.44. The third-order valence-corrected chi connectivity index (χ3v) is 2.94. The zero-order chi connectivity index (χ0) is 11.4. The second-order valence-corrected chi connectivity index (χ2v) is 4.14. The molecule has 2 heterocycles. The van der Waals surface area contributed by atoms with E-state index in [1.54, 1.807) is 11.2 Å². The molecule has 0 saturated carbocycles. The summed E-state index contributed by atoms with van der Waals surface area (Å²) in [5, 5.41) is 9.68. The number of aryl methyl sites for hydroxylation is 1. The molecular weight excluding hydrogens is 206 g/mol. The number of likely N-dealkylation sites (tertiary alicyclic amines) is 1. The molecule has 1 unspecified atom stereocenters. The quantitative estimate of drug-likeness (QED) is 0.842. The summed E-state index contributed by atoms with van der Waals surface area (Å²) >= 11 is 0. The summed E-state index contributed by atoms with van der Waals surface area (Å²) in [5.74, 6) is 0.997. The number of hydrogen-bond donors (Lipinski definition) is 1. The molecule has 2 rings (SSSR count). The van der Waals surface area contributed by atoms with Gasteiger partial charge in [-0.1, -0.05) is 0 Å². The van der Waals surface area contributed by atoms with Gasteiger partial charge in [-0.3, -0.25) is 4.79 Å². The lowest BCUT2D eigenvalue weighted by Gasteiger charge is -2.31. The van der Waals surface area contributed by atoms with E-state index < -0.39 is 6.23 Å². The van der Waals surface area contributed by atoms with Gasteiger partial charge >= 0.3 is 0 Å². The number of aliphatic hydroxyl groups is 1. The smallest absolute Gasteiger partial charge is 0.224 e. The first kappa shape index (κ1) is 11.2. The Balaban J connectivity index is 1.78. The molecule has 4 nitrogen and oxygen atoms in total. The maximum absolute atomic E-state index is 11.5. The van der Waals surface area contributed by atoms with E-state index >= 15 is 0 Å². The van der Waals surface area contributed by atoms with E-state index in [2.05, 4.69) is 0 Å². The van der Waals surface area contributed by atoms with E-state index in [1.165, 1.54) is 0 Å². The van der Waals surface area contributed by atoms with Gasteiger partial charge in [0.1, 0.15) is 12.0 Å². The molecule has 0 aliphatic carbocycles. The average Bonchev–Trinajstić information content (AvgIpc) is 2.75. The van der Waals surface area contributed by atoms with Gasteiger partial charge in [-0.05, 0) is 31.4 Å². The SMILES string of the molecule is O=C1CCCC(O)N1CCCc1ccco1. The molecule has 1 fully saturated rings. The molecule has 0 radical (unpaired) electrons. The van der Waals surface area contributed by atoms with E-state index in [4.69, 9.17) is 4.42 Å². The van der Waals surface area contributed by atoms with Crippen LogP contribution in [-0.2, 0) is 11.2 Å². The van der Waals surface area contributed by atoms with E-state index in [1.807, 2.05) is 12.1 Å². The van der Waals surface area contributed by atoms with E-state index in [0.717, 1.165) is 25.0 Å². The van der Waals surface area contributed by atoms with Crippen molar-refractivity contribution in [1.82, 2.24) is 4.90 Å². The van der Waals surface area contributed by atoms with Gasteiger partial charge in [0.05, 0.1) is 6.26 Å². The normalized spacial score (nSPS) is 21.4. The molecular formula is C12H17NO3. The molecule has 1 saturated heterocycles. The minimum atomic E-state index is -0.585. The van der Waals surface area contributed by atoms with Crippen LogP contribution in [0.5, 0.6) is 0 Å². The third kappa shape index (κ3) is 2.64. The molecule has 0 bridgehead atoms. The first-order valence-corrected chi connectivity index (χ1v) is 5.77. The summed E-state index contributed by atoms with van der Waals surface area (Å²) in [7, 11) is 0. The van der Waals surface area contributed by atoms with Gasteiger partial charge in [0.15, 0.2) is 0 Å². The molecule has 1 aromatic heterocycles. The fourth-order valence-electron chi connectivity index (χ4n) is 2.05. The van der Waals surface area contributed by atoms with Crippen LogP contribution in [0, 0.1) is 0 Å². The highest BCUT2D eigenvalue weighted by Crippen LogP contribution is 2.17. The Morgan fingerprint density at radius 1 is 1.56 bits per heavy atom. The van der Waals surface area contributed by atoms with Crippen LogP contribution in [0.4, 0.5) is 0 Å². The second kappa shape index (κ2) is 5.16. The third-order valence-electron chi connectivity index (χ3n) is 2.94. The molecule has 1 aliphatic rings. The standard InChI is InChI=1S/C12H17NO3/c14-11-6-1-7-12(15)13(11)8-2-4-10-5-3-9-16-10/h3,5,9,11,14H,1-2,4,6-8H2. The number of carbonyl (C=O) groups excluding carboxylic acids is 1. The molecule has 1 N–H and O–H groups in total. The number of piperidine rings is 1. The van der Waals surface area contributed by atoms with Crippen LogP contribution in [0.1, 0.15) is 31.4 Å². The summed E-state index contributed by atoms with van der Waals surface area (Å²) in [5.41, 5.74) is 0. The predicted molar refractivity (Wildman–Crippen MR) is 58.6 cm³/mol. The number of rotatable bonds is 4. The fourth-order valence-corrected chi connectivity index (χ4v) is 2.05. The molecule has 0 spiro atoms. The van der Waals surface area contributed by atoms with Crippen LogP contribution in [0.3, 0.4) is 0 Å². The summed E-state index contributed by atoms with van der Waals surface area (Å²) in [4.78, 5) is 13.1. The van der Waals surface area contributed by atoms with Crippen molar-refractivity contribution in [3.8, 4) is 0 Å². The highest BCUT2D eigenvalue weighted by molar-refractivity contribution is 5.77. The fraction of sp³-hybridized carbons (Fsp3) is 0.583. The largest absolute Gasteiger partial charge is 0.469 e. The lowest BCUT2D eigenvalue weighted by atomic mass is 10.1. The predicted octanol–water partition coefficient (Wildman–Crippen LogP) is 1.54. The van der Waals surface area contributed by atoms with Crippen LogP contribution in [0.2, 0.25) is 0 Å². The Morgan fingerprint density at radius 2 is 2.44 bits per heavy atom. The number of nitrogens with zero attached hydrogens (tertiary/aromatic N) is 1. The summed E-state index contributed by atoms with van der Waals surface area (Å²) < 4.78 is 5.21. The molecule has 88 valence electrons. The van der Waals surface area contributed by atoms with Gasteiger partial charge in [-0.2, -0.15) is 0 Å². The molecule has 0 aromatic carbocycles. The Bertz CT molecular complexity index is 334. The molecule has 16 heavy (non-hydrogen) atoms. The van der Waals surface area contributed by atoms with Crippen molar-refractivity contribution in [2.75, 3.05) is 6.54 Å². The second-order valence-electron chi connectivity index (χ2n) is 4.14. The van der Waals surface area contributed by atoms with Crippen LogP contribution in [0.15, 0.2) is 22.8 Å². The summed E-state index contributed by atoms with van der Waals surface area (Å²) in [6.07, 6.45) is 4.77. The Kier molecular flexibility index (Phi) is 3.62. The van der Waals surface area contributed by atoms with Gasteiger partial charge in [0, 0.05) is 19.4 Å². The highest BCUT2D eigenvalue weighted by atomic mass is 16.3. The molecule has 1 atom stereocenters. The maximum Gasteiger partial charge on any atom is 0.224 e. The van der Waals surface area contributed by atoms with Gasteiger partial charge in [-0.25, -0.2) is 0 Å². The minimum absolute atomic E-state index is 0.0678. The van der Waals surface area contributed by atoms with Crippen LogP contribution >= 0.6 is 0 Å². The zero-order valence-corrected chi connectivity index (χ0v) is 9.26. The first-order valence-electron chi connectivity index (χ1n) is 5.77. The number of aliphatic hydroxyl groups excluding tert-OH is 1. The van der Waals surface area contributed by atoms with E-state index in [9.17, 15) is 9.90 Å². The van der Waals surface area contributed by atoms with Crippen molar-refractivity contribution in [1.29, 1.82) is 0 Å². The molecule has 1 amide bonds. The van der Waals surface area contributed by atoms with Crippen molar-refractivity contribution < 1.29 is 14.3 Å². The Labute approximate surface area is 94.9 Å². The van der Waals surface area contributed by atoms with Gasteiger partial charge in [-0.15, -0.1) is 0 Å². The van der Waals surface area contributed by atoms with Crippen LogP contribution in [-0.4, -0.2) is 28.7 Å². The maximum atomic E-state index is 11.5. The van der Waals surface area contributed by atoms with Crippen LogP contribution < -0.4 is 0 Å². The Hall–Kier alpha value is -1.29. The first-order chi connectivity index (χ1) is 7.77. The van der Waals surface area contributed by atoms with Crippen LogP contribution in [0.25, 0.3) is 0 Å². The summed E-state index contributed by atoms with van der Waals surface area (Å²) in [6.45, 7) is 0.612. The van der Waals surface area contributed by atoms with Crippen molar-refractivity contribution in [3.05, 3.63) is 24.2 Å². The average molecular weight is 223 g/mol. The molecule has 1 aromatic rings. The topological polar surface area (TPSA) is 53.7 Å². The van der Waals surface area contributed by atoms with Crippen molar-refractivity contribution in [3.63, 3.8) is 0 Å². The minimum Gasteiger partial charge on any atom is -0.469 e. The monoisotopic (exact) mass is 223 g/mol. The number of amides is 1. The van der Waals surface area contributed by atoms with Crippen molar-refractivity contribution >= 4 is 5.91 Å². The number of carbonyl (C=O) groups is 1. The van der Waals surface area contributed by atoms with Crippen molar-refractivity contribution in [2.45, 2.75) is 38.3 Å². The molecule has 1 aliphatic heterocycles. The van der Waals surface area contributed by atoms with E-state index in [0.29, 0.717) is 19.4 Å².